The molecule has 0 atom stereocenters. The Bertz CT molecular complexity index is 516. The van der Waals surface area contributed by atoms with E-state index in [1.54, 1.807) is 0 Å². The number of hydrogen-bond acceptors (Lipinski definition) is 0. The molecule has 2 saturated carbocycles. The van der Waals surface area contributed by atoms with Gasteiger partial charge in [-0.2, -0.15) is 0 Å². The number of unbranched alkanes of at least 4 members (excludes halogenated alkanes) is 3. The lowest BCUT2D eigenvalue weighted by Crippen LogP contribution is -2.13. The largest absolute Gasteiger partial charge is 0.0951 e. The van der Waals surface area contributed by atoms with Gasteiger partial charge in [-0.3, -0.25) is 0 Å². The van der Waals surface area contributed by atoms with E-state index >= 15 is 0 Å². The monoisotopic (exact) mass is 366 g/mol. The van der Waals surface area contributed by atoms with E-state index in [0.717, 1.165) is 11.8 Å². The fourth-order valence-electron chi connectivity index (χ4n) is 4.87. The maximum absolute atomic E-state index is 3.47. The molecule has 0 heterocycles. The Morgan fingerprint density at radius 3 is 1.59 bits per heavy atom. The van der Waals surface area contributed by atoms with E-state index in [0.29, 0.717) is 11.8 Å². The van der Waals surface area contributed by atoms with Gasteiger partial charge in [0.25, 0.3) is 0 Å². The normalized spacial score (nSPS) is 28.2. The number of allylic oxidation sites excluding steroid dienone is 2. The molecule has 0 N–H and O–H groups in total. The van der Waals surface area contributed by atoms with Crippen molar-refractivity contribution in [1.29, 1.82) is 0 Å². The first kappa shape index (κ1) is 22.2. The van der Waals surface area contributed by atoms with Crippen LogP contribution < -0.4 is 0 Å². The molecule has 2 fully saturated rings. The highest BCUT2D eigenvalue weighted by molar-refractivity contribution is 5.26. The van der Waals surface area contributed by atoms with E-state index in [4.69, 9.17) is 0 Å². The molecule has 2 aliphatic rings. The van der Waals surface area contributed by atoms with Gasteiger partial charge in [0, 0.05) is 11.8 Å². The molecule has 150 valence electrons. The van der Waals surface area contributed by atoms with E-state index in [1.807, 2.05) is 12.2 Å². The van der Waals surface area contributed by atoms with Gasteiger partial charge in [0.1, 0.15) is 0 Å². The molecular formula is C27H42. The molecule has 27 heavy (non-hydrogen) atoms. The zero-order valence-electron chi connectivity index (χ0n) is 18.1. The van der Waals surface area contributed by atoms with Crippen LogP contribution in [0.5, 0.6) is 0 Å². The van der Waals surface area contributed by atoms with E-state index in [2.05, 4.69) is 37.5 Å². The Balaban J connectivity index is 1.58. The van der Waals surface area contributed by atoms with Gasteiger partial charge < -0.3 is 0 Å². The summed E-state index contributed by atoms with van der Waals surface area (Å²) in [4.78, 5) is 0. The third-order valence-corrected chi connectivity index (χ3v) is 6.68. The zero-order chi connectivity index (χ0) is 19.2. The second-order valence-electron chi connectivity index (χ2n) is 8.98. The van der Waals surface area contributed by atoms with Crippen LogP contribution in [0, 0.1) is 47.4 Å². The van der Waals surface area contributed by atoms with Crippen molar-refractivity contribution in [3.05, 3.63) is 12.2 Å². The lowest BCUT2D eigenvalue weighted by molar-refractivity contribution is 0.294. The van der Waals surface area contributed by atoms with Crippen LogP contribution >= 0.6 is 0 Å². The van der Waals surface area contributed by atoms with Crippen LogP contribution in [0.3, 0.4) is 0 Å². The lowest BCUT2D eigenvalue weighted by atomic mass is 9.80. The van der Waals surface area contributed by atoms with E-state index < -0.39 is 0 Å². The van der Waals surface area contributed by atoms with Crippen molar-refractivity contribution >= 4 is 0 Å². The Morgan fingerprint density at radius 1 is 0.593 bits per heavy atom. The highest BCUT2D eigenvalue weighted by Gasteiger charge is 2.19. The maximum atomic E-state index is 3.47. The fraction of sp³-hybridized carbons (Fsp3) is 0.778. The van der Waals surface area contributed by atoms with E-state index in [1.165, 1.54) is 96.3 Å². The summed E-state index contributed by atoms with van der Waals surface area (Å²) in [5.74, 6) is 16.6. The molecule has 0 aliphatic heterocycles. The van der Waals surface area contributed by atoms with Gasteiger partial charge in [0.15, 0.2) is 0 Å². The Labute approximate surface area is 170 Å². The van der Waals surface area contributed by atoms with Crippen LogP contribution in [0.2, 0.25) is 0 Å². The molecule has 0 aromatic heterocycles. The van der Waals surface area contributed by atoms with Crippen LogP contribution in [-0.4, -0.2) is 0 Å². The van der Waals surface area contributed by atoms with Gasteiger partial charge in [-0.05, 0) is 75.4 Å². The van der Waals surface area contributed by atoms with Crippen molar-refractivity contribution < 1.29 is 0 Å². The van der Waals surface area contributed by atoms with Gasteiger partial charge in [-0.1, -0.05) is 82.5 Å². The maximum Gasteiger partial charge on any atom is 0.0206 e. The van der Waals surface area contributed by atoms with Gasteiger partial charge in [0.2, 0.25) is 0 Å². The topological polar surface area (TPSA) is 0 Å². The molecule has 0 bridgehead atoms. The Kier molecular flexibility index (Phi) is 11.4. The molecule has 0 spiro atoms. The first-order chi connectivity index (χ1) is 13.3. The van der Waals surface area contributed by atoms with Gasteiger partial charge >= 0.3 is 0 Å². The van der Waals surface area contributed by atoms with Gasteiger partial charge in [0.05, 0.1) is 0 Å². The van der Waals surface area contributed by atoms with Gasteiger partial charge in [-0.15, -0.1) is 0 Å². The Morgan fingerprint density at radius 2 is 1.11 bits per heavy atom. The fourth-order valence-corrected chi connectivity index (χ4v) is 4.87. The predicted molar refractivity (Wildman–Crippen MR) is 119 cm³/mol. The summed E-state index contributed by atoms with van der Waals surface area (Å²) < 4.78 is 0. The van der Waals surface area contributed by atoms with Gasteiger partial charge in [-0.25, -0.2) is 0 Å². The minimum Gasteiger partial charge on any atom is -0.0951 e. The second kappa shape index (κ2) is 13.9. The zero-order valence-corrected chi connectivity index (χ0v) is 18.1. The standard InChI is InChI=1S/C27H42/c1-3-5-6-9-13-25-20-22-27(23-21-25)15-11-8-7-10-14-26-18-16-24(12-4-2)17-19-26/h7-8,24-27H,3-6,9,12-13,16-23H2,1-2H3/b8-7+/t24-,25-,26-,27-. The third kappa shape index (κ3) is 9.56. The summed E-state index contributed by atoms with van der Waals surface area (Å²) in [6, 6.07) is 0. The summed E-state index contributed by atoms with van der Waals surface area (Å²) >= 11 is 0. The molecular weight excluding hydrogens is 324 g/mol. The highest BCUT2D eigenvalue weighted by atomic mass is 14.2. The minimum absolute atomic E-state index is 0.628. The van der Waals surface area contributed by atoms with Crippen LogP contribution in [-0.2, 0) is 0 Å². The van der Waals surface area contributed by atoms with Crippen molar-refractivity contribution in [2.45, 2.75) is 110 Å². The molecule has 0 amide bonds. The smallest absolute Gasteiger partial charge is 0.0206 e. The quantitative estimate of drug-likeness (QED) is 0.317. The average Bonchev–Trinajstić information content (AvgIpc) is 2.70. The average molecular weight is 367 g/mol. The minimum atomic E-state index is 0.628. The number of hydrogen-bond donors (Lipinski definition) is 0. The van der Waals surface area contributed by atoms with Crippen LogP contribution in [0.15, 0.2) is 12.2 Å². The molecule has 0 saturated heterocycles. The molecule has 0 aromatic carbocycles. The van der Waals surface area contributed by atoms with Crippen LogP contribution in [0.25, 0.3) is 0 Å². The van der Waals surface area contributed by atoms with E-state index in [-0.39, 0.29) is 0 Å². The SMILES string of the molecule is CCCCCC[C@H]1CC[C@H](C#C/C=C/C#C[C@H]2CC[C@H](CCC)CC2)CC1. The second-order valence-corrected chi connectivity index (χ2v) is 8.98. The van der Waals surface area contributed by atoms with Crippen molar-refractivity contribution in [3.63, 3.8) is 0 Å². The molecule has 0 radical (unpaired) electrons. The highest BCUT2D eigenvalue weighted by Crippen LogP contribution is 2.32. The lowest BCUT2D eigenvalue weighted by Gasteiger charge is -2.25. The summed E-state index contributed by atoms with van der Waals surface area (Å²) in [5.41, 5.74) is 0. The van der Waals surface area contributed by atoms with E-state index in [9.17, 15) is 0 Å². The first-order valence-corrected chi connectivity index (χ1v) is 12.0. The molecule has 0 nitrogen and oxygen atoms in total. The predicted octanol–water partition coefficient (Wildman–Crippen LogP) is 7.93. The summed E-state index contributed by atoms with van der Waals surface area (Å²) in [6.07, 6.45) is 24.6. The number of rotatable bonds is 7. The molecule has 2 aliphatic carbocycles. The van der Waals surface area contributed by atoms with Crippen LogP contribution in [0.4, 0.5) is 0 Å². The van der Waals surface area contributed by atoms with Crippen molar-refractivity contribution in [1.82, 2.24) is 0 Å². The summed E-state index contributed by atoms with van der Waals surface area (Å²) in [6.45, 7) is 4.60. The summed E-state index contributed by atoms with van der Waals surface area (Å²) in [7, 11) is 0. The van der Waals surface area contributed by atoms with Crippen LogP contribution in [0.1, 0.15) is 110 Å². The van der Waals surface area contributed by atoms with Crippen molar-refractivity contribution in [3.8, 4) is 23.7 Å². The summed E-state index contributed by atoms with van der Waals surface area (Å²) in [5, 5.41) is 0. The Hall–Kier alpha value is -1.14. The molecule has 0 unspecified atom stereocenters. The molecule has 0 aromatic rings. The van der Waals surface area contributed by atoms with Crippen molar-refractivity contribution in [2.24, 2.45) is 23.7 Å². The first-order valence-electron chi connectivity index (χ1n) is 12.0. The molecule has 2 rings (SSSR count). The van der Waals surface area contributed by atoms with Crippen molar-refractivity contribution in [2.75, 3.05) is 0 Å². The molecule has 0 heteroatoms. The third-order valence-electron chi connectivity index (χ3n) is 6.68.